The van der Waals surface area contributed by atoms with Gasteiger partial charge in [0.15, 0.2) is 0 Å². The predicted octanol–water partition coefficient (Wildman–Crippen LogP) is 5.63. The molecule has 0 aliphatic heterocycles. The molecule has 0 N–H and O–H groups in total. The largest absolute Gasteiger partial charge is 0.207 e. The smallest absolute Gasteiger partial charge is 0.123 e. The van der Waals surface area contributed by atoms with E-state index in [9.17, 15) is 4.39 Å². The fourth-order valence-corrected chi connectivity index (χ4v) is 4.00. The van der Waals surface area contributed by atoms with Gasteiger partial charge in [-0.1, -0.05) is 18.2 Å². The molecule has 21 heavy (non-hydrogen) atoms. The fraction of sp³-hybridized carbons (Fsp3) is 0.300. The van der Waals surface area contributed by atoms with Crippen LogP contribution < -0.4 is 0 Å². The monoisotopic (exact) mass is 278 g/mol. The standard InChI is InChI=1S/C20H19F/c1-12-16-10-8-15(21)11-19(16)13(2)20-17(12)9-7-14-5-3-4-6-18(14)20/h7-11H,3-6H2,1-2H3. The first-order chi connectivity index (χ1) is 10.2. The lowest BCUT2D eigenvalue weighted by molar-refractivity contribution is 0.629. The van der Waals surface area contributed by atoms with Crippen molar-refractivity contribution in [1.29, 1.82) is 0 Å². The Hall–Kier alpha value is -1.89. The Morgan fingerprint density at radius 2 is 1.57 bits per heavy atom. The van der Waals surface area contributed by atoms with Crippen LogP contribution in [0.1, 0.15) is 35.1 Å². The predicted molar refractivity (Wildman–Crippen MR) is 87.5 cm³/mol. The Kier molecular flexibility index (Phi) is 2.78. The number of hydrogen-bond donors (Lipinski definition) is 0. The molecule has 0 heterocycles. The third-order valence-electron chi connectivity index (χ3n) is 5.10. The Bertz CT molecular complexity index is 874. The Morgan fingerprint density at radius 3 is 2.43 bits per heavy atom. The van der Waals surface area contributed by atoms with Crippen molar-refractivity contribution >= 4 is 21.5 Å². The summed E-state index contributed by atoms with van der Waals surface area (Å²) >= 11 is 0. The van der Waals surface area contributed by atoms with Gasteiger partial charge in [-0.15, -0.1) is 0 Å². The molecule has 0 unspecified atom stereocenters. The summed E-state index contributed by atoms with van der Waals surface area (Å²) in [6, 6.07) is 9.76. The molecule has 3 aromatic carbocycles. The van der Waals surface area contributed by atoms with Crippen molar-refractivity contribution in [1.82, 2.24) is 0 Å². The average molecular weight is 278 g/mol. The SMILES string of the molecule is Cc1c2ccc(F)cc2c(C)c2c3c(ccc12)CCCC3. The van der Waals surface area contributed by atoms with E-state index in [2.05, 4.69) is 26.0 Å². The number of rotatable bonds is 0. The van der Waals surface area contributed by atoms with E-state index in [1.165, 1.54) is 57.7 Å². The van der Waals surface area contributed by atoms with Crippen molar-refractivity contribution < 1.29 is 4.39 Å². The van der Waals surface area contributed by atoms with E-state index in [0.717, 1.165) is 11.8 Å². The second kappa shape index (κ2) is 4.56. The fourth-order valence-electron chi connectivity index (χ4n) is 4.00. The molecule has 1 heteroatoms. The van der Waals surface area contributed by atoms with Gasteiger partial charge in [-0.25, -0.2) is 4.39 Å². The van der Waals surface area contributed by atoms with Crippen LogP contribution in [-0.4, -0.2) is 0 Å². The van der Waals surface area contributed by atoms with Crippen LogP contribution in [-0.2, 0) is 12.8 Å². The lowest BCUT2D eigenvalue weighted by Gasteiger charge is -2.21. The van der Waals surface area contributed by atoms with Crippen molar-refractivity contribution in [3.8, 4) is 0 Å². The zero-order valence-electron chi connectivity index (χ0n) is 12.6. The van der Waals surface area contributed by atoms with E-state index in [0.29, 0.717) is 0 Å². The molecule has 0 amide bonds. The van der Waals surface area contributed by atoms with Crippen LogP contribution in [0.25, 0.3) is 21.5 Å². The minimum absolute atomic E-state index is 0.144. The molecular weight excluding hydrogens is 259 g/mol. The summed E-state index contributed by atoms with van der Waals surface area (Å²) in [4.78, 5) is 0. The van der Waals surface area contributed by atoms with Crippen LogP contribution in [0.15, 0.2) is 30.3 Å². The molecule has 0 radical (unpaired) electrons. The Labute approximate surface area is 124 Å². The number of halogens is 1. The van der Waals surface area contributed by atoms with Gasteiger partial charge in [0.25, 0.3) is 0 Å². The number of hydrogen-bond acceptors (Lipinski definition) is 0. The normalized spacial score (nSPS) is 14.6. The van der Waals surface area contributed by atoms with Gasteiger partial charge in [-0.3, -0.25) is 0 Å². The van der Waals surface area contributed by atoms with Crippen LogP contribution in [0.5, 0.6) is 0 Å². The molecule has 0 nitrogen and oxygen atoms in total. The molecule has 1 aliphatic rings. The van der Waals surface area contributed by atoms with E-state index in [1.54, 1.807) is 12.1 Å². The molecule has 0 aromatic heterocycles. The zero-order valence-corrected chi connectivity index (χ0v) is 12.6. The van der Waals surface area contributed by atoms with Gasteiger partial charge in [0, 0.05) is 0 Å². The first kappa shape index (κ1) is 12.8. The van der Waals surface area contributed by atoms with Gasteiger partial charge in [0.05, 0.1) is 0 Å². The summed E-state index contributed by atoms with van der Waals surface area (Å²) in [5, 5.41) is 4.96. The van der Waals surface area contributed by atoms with E-state index >= 15 is 0 Å². The van der Waals surface area contributed by atoms with Crippen molar-refractivity contribution in [2.75, 3.05) is 0 Å². The zero-order chi connectivity index (χ0) is 14.6. The van der Waals surface area contributed by atoms with E-state index in [4.69, 9.17) is 0 Å². The lowest BCUT2D eigenvalue weighted by atomic mass is 9.83. The van der Waals surface area contributed by atoms with E-state index in [-0.39, 0.29) is 5.82 Å². The maximum atomic E-state index is 13.7. The Morgan fingerprint density at radius 1 is 0.810 bits per heavy atom. The first-order valence-corrected chi connectivity index (χ1v) is 7.79. The van der Waals surface area contributed by atoms with Gasteiger partial charge in [0.2, 0.25) is 0 Å². The van der Waals surface area contributed by atoms with Crippen molar-refractivity contribution in [2.45, 2.75) is 39.5 Å². The van der Waals surface area contributed by atoms with Crippen LogP contribution >= 0.6 is 0 Å². The van der Waals surface area contributed by atoms with Crippen LogP contribution in [0.4, 0.5) is 4.39 Å². The quantitative estimate of drug-likeness (QED) is 0.468. The van der Waals surface area contributed by atoms with Crippen molar-refractivity contribution in [2.24, 2.45) is 0 Å². The van der Waals surface area contributed by atoms with Gasteiger partial charge in [0.1, 0.15) is 5.82 Å². The lowest BCUT2D eigenvalue weighted by Crippen LogP contribution is -2.04. The molecule has 0 bridgehead atoms. The third-order valence-corrected chi connectivity index (χ3v) is 5.10. The minimum Gasteiger partial charge on any atom is -0.207 e. The highest BCUT2D eigenvalue weighted by Gasteiger charge is 2.17. The molecule has 0 fully saturated rings. The van der Waals surface area contributed by atoms with Crippen molar-refractivity contribution in [3.63, 3.8) is 0 Å². The summed E-state index contributed by atoms with van der Waals surface area (Å²) in [6.45, 7) is 4.32. The number of aryl methyl sites for hydroxylation is 4. The topological polar surface area (TPSA) is 0 Å². The molecule has 0 saturated carbocycles. The molecule has 0 saturated heterocycles. The summed E-state index contributed by atoms with van der Waals surface area (Å²) in [5.74, 6) is -0.144. The highest BCUT2D eigenvalue weighted by Crippen LogP contribution is 2.37. The van der Waals surface area contributed by atoms with Gasteiger partial charge >= 0.3 is 0 Å². The van der Waals surface area contributed by atoms with Gasteiger partial charge < -0.3 is 0 Å². The third kappa shape index (κ3) is 1.80. The van der Waals surface area contributed by atoms with Crippen LogP contribution in [0, 0.1) is 19.7 Å². The minimum atomic E-state index is -0.144. The second-order valence-electron chi connectivity index (χ2n) is 6.27. The highest BCUT2D eigenvalue weighted by molar-refractivity contribution is 6.07. The second-order valence-corrected chi connectivity index (χ2v) is 6.27. The molecule has 1 aliphatic carbocycles. The van der Waals surface area contributed by atoms with E-state index in [1.807, 2.05) is 6.07 Å². The molecule has 106 valence electrons. The summed E-state index contributed by atoms with van der Waals surface area (Å²) in [7, 11) is 0. The molecule has 0 spiro atoms. The van der Waals surface area contributed by atoms with Crippen LogP contribution in [0.3, 0.4) is 0 Å². The summed E-state index contributed by atoms with van der Waals surface area (Å²) < 4.78 is 13.7. The van der Waals surface area contributed by atoms with Gasteiger partial charge in [-0.2, -0.15) is 0 Å². The molecule has 3 aromatic rings. The van der Waals surface area contributed by atoms with E-state index < -0.39 is 0 Å². The maximum absolute atomic E-state index is 13.7. The number of benzene rings is 3. The molecule has 4 rings (SSSR count). The average Bonchev–Trinajstić information content (AvgIpc) is 2.51. The van der Waals surface area contributed by atoms with Crippen LogP contribution in [0.2, 0.25) is 0 Å². The summed E-state index contributed by atoms with van der Waals surface area (Å²) in [5.41, 5.74) is 5.51. The Balaban J connectivity index is 2.23. The number of fused-ring (bicyclic) bond motifs is 4. The summed E-state index contributed by atoms with van der Waals surface area (Å²) in [6.07, 6.45) is 4.91. The maximum Gasteiger partial charge on any atom is 0.123 e. The molecular formula is C20H19F. The van der Waals surface area contributed by atoms with Gasteiger partial charge in [-0.05, 0) is 95.5 Å². The van der Waals surface area contributed by atoms with Crippen molar-refractivity contribution in [3.05, 3.63) is 58.4 Å². The first-order valence-electron chi connectivity index (χ1n) is 7.79. The highest BCUT2D eigenvalue weighted by atomic mass is 19.1. The molecule has 0 atom stereocenters.